The fraction of sp³-hybridized carbons (Fsp3) is 0.706. The summed E-state index contributed by atoms with van der Waals surface area (Å²) < 4.78 is 10.9. The van der Waals surface area contributed by atoms with Gasteiger partial charge >= 0.3 is 5.97 Å². The summed E-state index contributed by atoms with van der Waals surface area (Å²) in [5.74, 6) is 1.58. The lowest BCUT2D eigenvalue weighted by atomic mass is 9.87. The van der Waals surface area contributed by atoms with Crippen LogP contribution in [-0.2, 0) is 14.3 Å². The van der Waals surface area contributed by atoms with Crippen LogP contribution in [0.15, 0.2) is 24.8 Å². The standard InChI is InChI=1S/C17H28O3/c1-5-7-8-14(4)15-11-13(3)12-16(15)19-9-10-20-17(18)6-2/h5-7,13-16H,2,8-12H2,1,3-4H3/b7-5-. The normalized spacial score (nSPS) is 27.6. The first-order valence-corrected chi connectivity index (χ1v) is 7.60. The van der Waals surface area contributed by atoms with Gasteiger partial charge in [-0.1, -0.05) is 32.6 Å². The Hall–Kier alpha value is -1.09. The van der Waals surface area contributed by atoms with Crippen LogP contribution in [0.5, 0.6) is 0 Å². The number of hydrogen-bond acceptors (Lipinski definition) is 3. The first-order chi connectivity index (χ1) is 9.58. The monoisotopic (exact) mass is 280 g/mol. The third-order valence-electron chi connectivity index (χ3n) is 4.09. The molecule has 1 aliphatic carbocycles. The number of ether oxygens (including phenoxy) is 2. The Balaban J connectivity index is 2.37. The average Bonchev–Trinajstić information content (AvgIpc) is 2.81. The molecular weight excluding hydrogens is 252 g/mol. The fourth-order valence-corrected chi connectivity index (χ4v) is 3.00. The van der Waals surface area contributed by atoms with Crippen molar-refractivity contribution in [3.05, 3.63) is 24.8 Å². The van der Waals surface area contributed by atoms with E-state index in [-0.39, 0.29) is 5.97 Å². The van der Waals surface area contributed by atoms with Crippen molar-refractivity contribution in [3.63, 3.8) is 0 Å². The predicted molar refractivity (Wildman–Crippen MR) is 81.4 cm³/mol. The molecule has 0 aromatic heterocycles. The van der Waals surface area contributed by atoms with Gasteiger partial charge in [-0.05, 0) is 43.9 Å². The Morgan fingerprint density at radius 1 is 1.40 bits per heavy atom. The molecule has 4 unspecified atom stereocenters. The lowest BCUT2D eigenvalue weighted by molar-refractivity contribution is -0.140. The molecule has 114 valence electrons. The molecule has 1 fully saturated rings. The Morgan fingerprint density at radius 2 is 2.15 bits per heavy atom. The second-order valence-corrected chi connectivity index (χ2v) is 5.80. The summed E-state index contributed by atoms with van der Waals surface area (Å²) in [4.78, 5) is 10.9. The van der Waals surface area contributed by atoms with Gasteiger partial charge in [0, 0.05) is 6.08 Å². The van der Waals surface area contributed by atoms with E-state index < -0.39 is 0 Å². The van der Waals surface area contributed by atoms with Gasteiger partial charge in [0.2, 0.25) is 0 Å². The molecule has 0 heterocycles. The van der Waals surface area contributed by atoms with Gasteiger partial charge in [-0.25, -0.2) is 4.79 Å². The SMILES string of the molecule is C=CC(=O)OCCOC1CC(C)CC1C(C)C/C=C\C. The summed E-state index contributed by atoms with van der Waals surface area (Å²) in [5, 5.41) is 0. The van der Waals surface area contributed by atoms with Crippen molar-refractivity contribution < 1.29 is 14.3 Å². The van der Waals surface area contributed by atoms with E-state index >= 15 is 0 Å². The second-order valence-electron chi connectivity index (χ2n) is 5.80. The van der Waals surface area contributed by atoms with Crippen molar-refractivity contribution in [2.75, 3.05) is 13.2 Å². The first-order valence-electron chi connectivity index (χ1n) is 7.60. The summed E-state index contributed by atoms with van der Waals surface area (Å²) in [6, 6.07) is 0. The zero-order valence-corrected chi connectivity index (χ0v) is 13.0. The molecule has 0 aromatic rings. The smallest absolute Gasteiger partial charge is 0.330 e. The van der Waals surface area contributed by atoms with Crippen LogP contribution < -0.4 is 0 Å². The van der Waals surface area contributed by atoms with Gasteiger partial charge in [0.25, 0.3) is 0 Å². The highest BCUT2D eigenvalue weighted by atomic mass is 16.6. The molecule has 3 heteroatoms. The van der Waals surface area contributed by atoms with E-state index in [0.29, 0.717) is 37.1 Å². The van der Waals surface area contributed by atoms with Crippen molar-refractivity contribution in [2.45, 2.75) is 46.1 Å². The van der Waals surface area contributed by atoms with Crippen molar-refractivity contribution in [1.29, 1.82) is 0 Å². The largest absolute Gasteiger partial charge is 0.460 e. The Morgan fingerprint density at radius 3 is 2.80 bits per heavy atom. The molecule has 1 saturated carbocycles. The third-order valence-corrected chi connectivity index (χ3v) is 4.09. The van der Waals surface area contributed by atoms with Gasteiger partial charge in [-0.2, -0.15) is 0 Å². The molecule has 4 atom stereocenters. The molecule has 20 heavy (non-hydrogen) atoms. The van der Waals surface area contributed by atoms with Crippen LogP contribution in [0.2, 0.25) is 0 Å². The van der Waals surface area contributed by atoms with E-state index in [9.17, 15) is 4.79 Å². The van der Waals surface area contributed by atoms with E-state index in [1.54, 1.807) is 0 Å². The number of allylic oxidation sites excluding steroid dienone is 2. The molecule has 0 aliphatic heterocycles. The van der Waals surface area contributed by atoms with Gasteiger partial charge in [0.05, 0.1) is 12.7 Å². The van der Waals surface area contributed by atoms with Gasteiger partial charge in [-0.15, -0.1) is 0 Å². The molecular formula is C17H28O3. The quantitative estimate of drug-likeness (QED) is 0.294. The number of rotatable bonds is 8. The number of esters is 1. The van der Waals surface area contributed by atoms with Crippen LogP contribution in [0.3, 0.4) is 0 Å². The summed E-state index contributed by atoms with van der Waals surface area (Å²) in [6.45, 7) is 10.8. The minimum absolute atomic E-state index is 0.299. The van der Waals surface area contributed by atoms with Gasteiger partial charge in [0.15, 0.2) is 0 Å². The molecule has 0 saturated heterocycles. The lowest BCUT2D eigenvalue weighted by Crippen LogP contribution is -2.25. The second kappa shape index (κ2) is 8.96. The summed E-state index contributed by atoms with van der Waals surface area (Å²) in [6.07, 6.45) is 9.28. The molecule has 0 N–H and O–H groups in total. The maximum Gasteiger partial charge on any atom is 0.330 e. The number of carbonyl (C=O) groups excluding carboxylic acids is 1. The summed E-state index contributed by atoms with van der Waals surface area (Å²) in [7, 11) is 0. The van der Waals surface area contributed by atoms with E-state index in [0.717, 1.165) is 12.8 Å². The van der Waals surface area contributed by atoms with Crippen molar-refractivity contribution in [2.24, 2.45) is 17.8 Å². The van der Waals surface area contributed by atoms with Crippen molar-refractivity contribution in [1.82, 2.24) is 0 Å². The highest BCUT2D eigenvalue weighted by Gasteiger charge is 2.35. The molecule has 1 rings (SSSR count). The van der Waals surface area contributed by atoms with Gasteiger partial charge < -0.3 is 9.47 Å². The molecule has 0 radical (unpaired) electrons. The average molecular weight is 280 g/mol. The Kier molecular flexibility index (Phi) is 7.60. The molecule has 0 aromatic carbocycles. The molecule has 1 aliphatic rings. The number of carbonyl (C=O) groups is 1. The van der Waals surface area contributed by atoms with Gasteiger partial charge in [0.1, 0.15) is 6.61 Å². The first kappa shape index (κ1) is 17.0. The zero-order valence-electron chi connectivity index (χ0n) is 13.0. The fourth-order valence-electron chi connectivity index (χ4n) is 3.00. The van der Waals surface area contributed by atoms with E-state index in [1.165, 1.54) is 12.5 Å². The predicted octanol–water partition coefficient (Wildman–Crippen LogP) is 3.75. The Bertz CT molecular complexity index is 335. The van der Waals surface area contributed by atoms with E-state index in [4.69, 9.17) is 9.47 Å². The van der Waals surface area contributed by atoms with Gasteiger partial charge in [-0.3, -0.25) is 0 Å². The van der Waals surface area contributed by atoms with E-state index in [1.807, 2.05) is 0 Å². The zero-order chi connectivity index (χ0) is 15.0. The summed E-state index contributed by atoms with van der Waals surface area (Å²) >= 11 is 0. The third kappa shape index (κ3) is 5.49. The maximum atomic E-state index is 10.9. The maximum absolute atomic E-state index is 10.9. The van der Waals surface area contributed by atoms with Crippen LogP contribution >= 0.6 is 0 Å². The molecule has 0 amide bonds. The molecule has 3 nitrogen and oxygen atoms in total. The highest BCUT2D eigenvalue weighted by Crippen LogP contribution is 2.39. The minimum atomic E-state index is -0.383. The van der Waals surface area contributed by atoms with Crippen molar-refractivity contribution in [3.8, 4) is 0 Å². The minimum Gasteiger partial charge on any atom is -0.460 e. The lowest BCUT2D eigenvalue weighted by Gasteiger charge is -2.25. The summed E-state index contributed by atoms with van der Waals surface area (Å²) in [5.41, 5.74) is 0. The van der Waals surface area contributed by atoms with Crippen LogP contribution in [0.4, 0.5) is 0 Å². The Labute approximate surface area is 123 Å². The van der Waals surface area contributed by atoms with E-state index in [2.05, 4.69) is 39.5 Å². The van der Waals surface area contributed by atoms with Crippen LogP contribution in [0.25, 0.3) is 0 Å². The van der Waals surface area contributed by atoms with Crippen molar-refractivity contribution >= 4 is 5.97 Å². The van der Waals surface area contributed by atoms with Crippen LogP contribution in [-0.4, -0.2) is 25.3 Å². The van der Waals surface area contributed by atoms with Crippen LogP contribution in [0, 0.1) is 17.8 Å². The molecule has 0 bridgehead atoms. The highest BCUT2D eigenvalue weighted by molar-refractivity contribution is 5.81. The number of hydrogen-bond donors (Lipinski definition) is 0. The molecule has 0 spiro atoms. The van der Waals surface area contributed by atoms with Crippen LogP contribution in [0.1, 0.15) is 40.0 Å². The topological polar surface area (TPSA) is 35.5 Å².